The molecule has 1 amide bonds. The molecule has 0 saturated carbocycles. The summed E-state index contributed by atoms with van der Waals surface area (Å²) in [5, 5.41) is 3.09. The number of halogens is 2. The summed E-state index contributed by atoms with van der Waals surface area (Å²) >= 11 is 11.5. The minimum atomic E-state index is -0.272. The van der Waals surface area contributed by atoms with Crippen LogP contribution in [-0.4, -0.2) is 44.4 Å². The molecule has 1 aromatic rings. The summed E-state index contributed by atoms with van der Waals surface area (Å²) in [5.41, 5.74) is 0.311. The number of methoxy groups -OCH3 is 1. The summed E-state index contributed by atoms with van der Waals surface area (Å²) in [6.07, 6.45) is 0.716. The number of rotatable bonds is 8. The van der Waals surface area contributed by atoms with Gasteiger partial charge in [-0.15, -0.1) is 0 Å². The molecule has 0 unspecified atom stereocenters. The number of hydrogen-bond acceptors (Lipinski definition) is 4. The summed E-state index contributed by atoms with van der Waals surface area (Å²) in [5.74, 6) is -0.272. The average Bonchev–Trinajstić information content (AvgIpc) is 2.37. The van der Waals surface area contributed by atoms with Crippen LogP contribution in [-0.2, 0) is 9.47 Å². The molecule has 0 aliphatic rings. The molecule has 106 valence electrons. The molecule has 0 aliphatic carbocycles. The van der Waals surface area contributed by atoms with Crippen LogP contribution in [0.4, 0.5) is 0 Å². The SMILES string of the molecule is COCCOCCCNC(=O)c1ccc(Cl)nc1Cl. The van der Waals surface area contributed by atoms with Crippen molar-refractivity contribution >= 4 is 29.1 Å². The first-order chi connectivity index (χ1) is 9.15. The third-order valence-electron chi connectivity index (χ3n) is 2.24. The molecule has 5 nitrogen and oxygen atoms in total. The van der Waals surface area contributed by atoms with E-state index in [0.717, 1.165) is 0 Å². The maximum atomic E-state index is 11.8. The molecule has 1 rings (SSSR count). The number of ether oxygens (including phenoxy) is 2. The fourth-order valence-corrected chi connectivity index (χ4v) is 1.73. The topological polar surface area (TPSA) is 60.5 Å². The minimum Gasteiger partial charge on any atom is -0.382 e. The van der Waals surface area contributed by atoms with Gasteiger partial charge in [-0.1, -0.05) is 23.2 Å². The van der Waals surface area contributed by atoms with E-state index in [0.29, 0.717) is 38.3 Å². The fraction of sp³-hybridized carbons (Fsp3) is 0.500. The Kier molecular flexibility index (Phi) is 7.74. The Labute approximate surface area is 122 Å². The van der Waals surface area contributed by atoms with Gasteiger partial charge in [0.2, 0.25) is 0 Å². The van der Waals surface area contributed by atoms with Crippen LogP contribution in [0.2, 0.25) is 10.3 Å². The van der Waals surface area contributed by atoms with Crippen LogP contribution in [0, 0.1) is 0 Å². The predicted octanol–water partition coefficient (Wildman–Crippen LogP) is 2.17. The number of pyridine rings is 1. The molecule has 1 heterocycles. The van der Waals surface area contributed by atoms with Crippen LogP contribution < -0.4 is 5.32 Å². The molecule has 0 bridgehead atoms. The van der Waals surface area contributed by atoms with Gasteiger partial charge in [-0.2, -0.15) is 0 Å². The fourth-order valence-electron chi connectivity index (χ4n) is 1.30. The van der Waals surface area contributed by atoms with Crippen molar-refractivity contribution < 1.29 is 14.3 Å². The van der Waals surface area contributed by atoms with Crippen molar-refractivity contribution in [3.05, 3.63) is 28.0 Å². The molecule has 0 spiro atoms. The van der Waals surface area contributed by atoms with Crippen LogP contribution in [0.25, 0.3) is 0 Å². The van der Waals surface area contributed by atoms with Crippen LogP contribution in [0.5, 0.6) is 0 Å². The number of amides is 1. The Morgan fingerprint density at radius 1 is 1.32 bits per heavy atom. The van der Waals surface area contributed by atoms with Gasteiger partial charge in [0.1, 0.15) is 10.3 Å². The van der Waals surface area contributed by atoms with Crippen LogP contribution >= 0.6 is 23.2 Å². The average molecular weight is 307 g/mol. The van der Waals surface area contributed by atoms with Crippen molar-refractivity contribution in [2.75, 3.05) is 33.5 Å². The van der Waals surface area contributed by atoms with E-state index in [2.05, 4.69) is 10.3 Å². The lowest BCUT2D eigenvalue weighted by molar-refractivity contribution is 0.0688. The summed E-state index contributed by atoms with van der Waals surface area (Å²) < 4.78 is 10.1. The first-order valence-corrected chi connectivity index (χ1v) is 6.57. The van der Waals surface area contributed by atoms with E-state index in [1.807, 2.05) is 0 Å². The number of aromatic nitrogens is 1. The number of nitrogens with one attached hydrogen (secondary N) is 1. The molecular weight excluding hydrogens is 291 g/mol. The van der Waals surface area contributed by atoms with Gasteiger partial charge < -0.3 is 14.8 Å². The van der Waals surface area contributed by atoms with Crippen molar-refractivity contribution in [3.8, 4) is 0 Å². The summed E-state index contributed by atoms with van der Waals surface area (Å²) in [6, 6.07) is 3.07. The zero-order valence-corrected chi connectivity index (χ0v) is 12.1. The van der Waals surface area contributed by atoms with Gasteiger partial charge in [-0.25, -0.2) is 4.98 Å². The second-order valence-corrected chi connectivity index (χ2v) is 4.43. The second-order valence-electron chi connectivity index (χ2n) is 3.69. The van der Waals surface area contributed by atoms with E-state index >= 15 is 0 Å². The Balaban J connectivity index is 2.24. The zero-order chi connectivity index (χ0) is 14.1. The summed E-state index contributed by atoms with van der Waals surface area (Å²) in [4.78, 5) is 15.6. The van der Waals surface area contributed by atoms with Gasteiger partial charge >= 0.3 is 0 Å². The van der Waals surface area contributed by atoms with Crippen molar-refractivity contribution in [3.63, 3.8) is 0 Å². The van der Waals surface area contributed by atoms with E-state index < -0.39 is 0 Å². The molecule has 7 heteroatoms. The number of carbonyl (C=O) groups is 1. The third-order valence-corrected chi connectivity index (χ3v) is 2.74. The molecule has 0 aromatic carbocycles. The lowest BCUT2D eigenvalue weighted by Gasteiger charge is -2.07. The lowest BCUT2D eigenvalue weighted by Crippen LogP contribution is -2.25. The van der Waals surface area contributed by atoms with Crippen LogP contribution in [0.15, 0.2) is 12.1 Å². The van der Waals surface area contributed by atoms with Gasteiger partial charge in [0.25, 0.3) is 5.91 Å². The number of nitrogens with zero attached hydrogens (tertiary/aromatic N) is 1. The van der Waals surface area contributed by atoms with Crippen molar-refractivity contribution in [2.24, 2.45) is 0 Å². The molecule has 0 fully saturated rings. The summed E-state index contributed by atoms with van der Waals surface area (Å²) in [7, 11) is 1.62. The minimum absolute atomic E-state index is 0.0985. The molecule has 0 aliphatic heterocycles. The molecule has 0 radical (unpaired) electrons. The molecule has 19 heavy (non-hydrogen) atoms. The first-order valence-electron chi connectivity index (χ1n) is 5.82. The van der Waals surface area contributed by atoms with Gasteiger partial charge in [0, 0.05) is 20.3 Å². The number of carbonyl (C=O) groups excluding carboxylic acids is 1. The first kappa shape index (κ1) is 16.2. The lowest BCUT2D eigenvalue weighted by atomic mass is 10.2. The number of hydrogen-bond donors (Lipinski definition) is 1. The Bertz CT molecular complexity index is 416. The molecule has 1 N–H and O–H groups in total. The molecular formula is C12H16Cl2N2O3. The largest absolute Gasteiger partial charge is 0.382 e. The van der Waals surface area contributed by atoms with E-state index in [9.17, 15) is 4.79 Å². The van der Waals surface area contributed by atoms with Gasteiger partial charge in [0.05, 0.1) is 18.8 Å². The normalized spacial score (nSPS) is 10.5. The monoisotopic (exact) mass is 306 g/mol. The molecule has 1 aromatic heterocycles. The molecule has 0 atom stereocenters. The van der Waals surface area contributed by atoms with E-state index in [1.165, 1.54) is 6.07 Å². The quantitative estimate of drug-likeness (QED) is 0.591. The standard InChI is InChI=1S/C12H16Cl2N2O3/c1-18-7-8-19-6-2-5-15-12(17)9-3-4-10(13)16-11(9)14/h3-4H,2,5-8H2,1H3,(H,15,17). The van der Waals surface area contributed by atoms with E-state index in [1.54, 1.807) is 13.2 Å². The maximum Gasteiger partial charge on any atom is 0.254 e. The van der Waals surface area contributed by atoms with E-state index in [4.69, 9.17) is 32.7 Å². The predicted molar refractivity (Wildman–Crippen MR) is 73.9 cm³/mol. The third kappa shape index (κ3) is 6.20. The molecule has 0 saturated heterocycles. The van der Waals surface area contributed by atoms with Crippen LogP contribution in [0.3, 0.4) is 0 Å². The second kappa shape index (κ2) is 9.09. The van der Waals surface area contributed by atoms with E-state index in [-0.39, 0.29) is 16.2 Å². The maximum absolute atomic E-state index is 11.8. The highest BCUT2D eigenvalue weighted by atomic mass is 35.5. The van der Waals surface area contributed by atoms with Crippen molar-refractivity contribution in [1.82, 2.24) is 10.3 Å². The van der Waals surface area contributed by atoms with Crippen molar-refractivity contribution in [2.45, 2.75) is 6.42 Å². The Morgan fingerprint density at radius 3 is 2.79 bits per heavy atom. The highest BCUT2D eigenvalue weighted by molar-refractivity contribution is 6.34. The summed E-state index contributed by atoms with van der Waals surface area (Å²) in [6.45, 7) is 2.19. The van der Waals surface area contributed by atoms with Gasteiger partial charge in [0.15, 0.2) is 0 Å². The smallest absolute Gasteiger partial charge is 0.254 e. The van der Waals surface area contributed by atoms with Gasteiger partial charge in [-0.05, 0) is 18.6 Å². The Morgan fingerprint density at radius 2 is 2.11 bits per heavy atom. The highest BCUT2D eigenvalue weighted by Gasteiger charge is 2.10. The zero-order valence-electron chi connectivity index (χ0n) is 10.6. The highest BCUT2D eigenvalue weighted by Crippen LogP contribution is 2.16. The Hall–Kier alpha value is -0.880. The van der Waals surface area contributed by atoms with Crippen molar-refractivity contribution in [1.29, 1.82) is 0 Å². The van der Waals surface area contributed by atoms with Gasteiger partial charge in [-0.3, -0.25) is 4.79 Å². The van der Waals surface area contributed by atoms with Crippen LogP contribution in [0.1, 0.15) is 16.8 Å².